The van der Waals surface area contributed by atoms with Crippen molar-refractivity contribution in [1.29, 1.82) is 0 Å². The van der Waals surface area contributed by atoms with Gasteiger partial charge in [-0.05, 0) is 59.8 Å². The van der Waals surface area contributed by atoms with Gasteiger partial charge in [0.05, 0.1) is 22.0 Å². The molecular formula is C25H18ClNO5S. The molecule has 0 atom stereocenters. The first-order valence-electron chi connectivity index (χ1n) is 10.0. The monoisotopic (exact) mass is 479 g/mol. The van der Waals surface area contributed by atoms with Gasteiger partial charge in [0.2, 0.25) is 0 Å². The minimum atomic E-state index is -0.455. The smallest absolute Gasteiger partial charge is 0.343 e. The van der Waals surface area contributed by atoms with Crippen LogP contribution < -0.4 is 9.47 Å². The fourth-order valence-corrected chi connectivity index (χ4v) is 4.08. The van der Waals surface area contributed by atoms with E-state index in [2.05, 4.69) is 0 Å². The minimum absolute atomic E-state index is 0.113. The van der Waals surface area contributed by atoms with E-state index in [4.69, 9.17) is 21.1 Å². The van der Waals surface area contributed by atoms with Crippen molar-refractivity contribution in [2.24, 2.45) is 0 Å². The summed E-state index contributed by atoms with van der Waals surface area (Å²) in [7, 11) is 0. The highest BCUT2D eigenvalue weighted by Crippen LogP contribution is 2.32. The van der Waals surface area contributed by atoms with Crippen molar-refractivity contribution in [2.75, 3.05) is 13.2 Å². The molecule has 0 bridgehead atoms. The SMILES string of the molecule is O=C(Oc1ccc(/C=C2\SC(=O)N(CCOc3ccccc3Cl)C2=O)cc1)c1ccccc1. The van der Waals surface area contributed by atoms with Crippen molar-refractivity contribution in [3.05, 3.63) is 99.9 Å². The van der Waals surface area contributed by atoms with Gasteiger partial charge in [0.25, 0.3) is 11.1 Å². The predicted molar refractivity (Wildman–Crippen MR) is 127 cm³/mol. The van der Waals surface area contributed by atoms with Crippen molar-refractivity contribution in [3.63, 3.8) is 0 Å². The van der Waals surface area contributed by atoms with Crippen molar-refractivity contribution in [3.8, 4) is 11.5 Å². The van der Waals surface area contributed by atoms with Crippen LogP contribution in [0.4, 0.5) is 4.79 Å². The highest BCUT2D eigenvalue weighted by molar-refractivity contribution is 8.18. The molecule has 0 radical (unpaired) electrons. The van der Waals surface area contributed by atoms with Gasteiger partial charge in [-0.15, -0.1) is 0 Å². The molecule has 0 spiro atoms. The number of benzene rings is 3. The third kappa shape index (κ3) is 5.63. The van der Waals surface area contributed by atoms with Crippen LogP contribution in [-0.4, -0.2) is 35.2 Å². The van der Waals surface area contributed by atoms with Crippen LogP contribution in [0.5, 0.6) is 11.5 Å². The summed E-state index contributed by atoms with van der Waals surface area (Å²) < 4.78 is 10.9. The Morgan fingerprint density at radius 1 is 0.939 bits per heavy atom. The fourth-order valence-electron chi connectivity index (χ4n) is 3.03. The van der Waals surface area contributed by atoms with E-state index >= 15 is 0 Å². The maximum Gasteiger partial charge on any atom is 0.343 e. The summed E-state index contributed by atoms with van der Waals surface area (Å²) in [6.45, 7) is 0.248. The standard InChI is InChI=1S/C25H18ClNO5S/c26-20-8-4-5-9-21(20)31-15-14-27-23(28)22(33-25(27)30)16-17-10-12-19(13-11-17)32-24(29)18-6-2-1-3-7-18/h1-13,16H,14-15H2/b22-16-. The lowest BCUT2D eigenvalue weighted by molar-refractivity contribution is -0.123. The molecule has 0 saturated carbocycles. The van der Waals surface area contributed by atoms with E-state index in [0.29, 0.717) is 32.6 Å². The number of para-hydroxylation sites is 1. The maximum atomic E-state index is 12.7. The van der Waals surface area contributed by atoms with Crippen LogP contribution >= 0.6 is 23.4 Å². The first-order valence-corrected chi connectivity index (χ1v) is 11.2. The van der Waals surface area contributed by atoms with Crippen molar-refractivity contribution in [1.82, 2.24) is 4.90 Å². The molecule has 1 saturated heterocycles. The van der Waals surface area contributed by atoms with Gasteiger partial charge in [0, 0.05) is 0 Å². The number of thioether (sulfide) groups is 1. The van der Waals surface area contributed by atoms with Gasteiger partial charge in [-0.3, -0.25) is 14.5 Å². The third-order valence-electron chi connectivity index (χ3n) is 4.68. The number of esters is 1. The molecule has 1 fully saturated rings. The van der Waals surface area contributed by atoms with E-state index in [1.165, 1.54) is 0 Å². The largest absolute Gasteiger partial charge is 0.490 e. The first-order chi connectivity index (χ1) is 16.0. The van der Waals surface area contributed by atoms with E-state index in [1.54, 1.807) is 78.9 Å². The first kappa shape index (κ1) is 22.6. The summed E-state index contributed by atoms with van der Waals surface area (Å²) in [6, 6.07) is 22.4. The van der Waals surface area contributed by atoms with Crippen LogP contribution in [0.25, 0.3) is 6.08 Å². The summed E-state index contributed by atoms with van der Waals surface area (Å²) in [5.74, 6) is 0.0383. The van der Waals surface area contributed by atoms with E-state index in [1.807, 2.05) is 6.07 Å². The topological polar surface area (TPSA) is 72.9 Å². The Labute approximate surface area is 199 Å². The third-order valence-corrected chi connectivity index (χ3v) is 5.90. The summed E-state index contributed by atoms with van der Waals surface area (Å²) in [5, 5.41) is 0.104. The number of imide groups is 1. The second kappa shape index (κ2) is 10.4. The van der Waals surface area contributed by atoms with Gasteiger partial charge in [-0.2, -0.15) is 0 Å². The average molecular weight is 480 g/mol. The minimum Gasteiger partial charge on any atom is -0.490 e. The number of hydrogen-bond donors (Lipinski definition) is 0. The van der Waals surface area contributed by atoms with Crippen LogP contribution in [0.2, 0.25) is 5.02 Å². The zero-order valence-electron chi connectivity index (χ0n) is 17.3. The van der Waals surface area contributed by atoms with Crippen LogP contribution in [0.1, 0.15) is 15.9 Å². The number of amides is 2. The summed E-state index contributed by atoms with van der Waals surface area (Å²) in [4.78, 5) is 38.6. The molecule has 33 heavy (non-hydrogen) atoms. The zero-order chi connectivity index (χ0) is 23.2. The number of carbonyl (C=O) groups is 3. The molecule has 1 aliphatic heterocycles. The van der Waals surface area contributed by atoms with Gasteiger partial charge in [-0.1, -0.05) is 54.1 Å². The highest BCUT2D eigenvalue weighted by atomic mass is 35.5. The molecule has 4 rings (SSSR count). The van der Waals surface area contributed by atoms with Gasteiger partial charge < -0.3 is 9.47 Å². The molecule has 166 valence electrons. The quantitative estimate of drug-likeness (QED) is 0.247. The predicted octanol–water partition coefficient (Wildman–Crippen LogP) is 5.67. The number of rotatable bonds is 7. The Morgan fingerprint density at radius 3 is 2.36 bits per heavy atom. The second-order valence-electron chi connectivity index (χ2n) is 6.94. The van der Waals surface area contributed by atoms with Gasteiger partial charge >= 0.3 is 5.97 Å². The number of halogens is 1. The van der Waals surface area contributed by atoms with Crippen LogP contribution in [0.3, 0.4) is 0 Å². The van der Waals surface area contributed by atoms with E-state index in [9.17, 15) is 14.4 Å². The van der Waals surface area contributed by atoms with E-state index in [0.717, 1.165) is 16.7 Å². The van der Waals surface area contributed by atoms with E-state index < -0.39 is 5.97 Å². The number of carbonyl (C=O) groups excluding carboxylic acids is 3. The van der Waals surface area contributed by atoms with Crippen molar-refractivity contribution < 1.29 is 23.9 Å². The Morgan fingerprint density at radius 2 is 1.64 bits per heavy atom. The molecule has 8 heteroatoms. The molecule has 2 amide bonds. The van der Waals surface area contributed by atoms with Gasteiger partial charge in [0.15, 0.2) is 0 Å². The van der Waals surface area contributed by atoms with Crippen LogP contribution in [0.15, 0.2) is 83.8 Å². The Kier molecular flexibility index (Phi) is 7.12. The van der Waals surface area contributed by atoms with Crippen LogP contribution in [-0.2, 0) is 4.79 Å². The van der Waals surface area contributed by atoms with Gasteiger partial charge in [0.1, 0.15) is 18.1 Å². The lowest BCUT2D eigenvalue weighted by atomic mass is 10.2. The number of nitrogens with zero attached hydrogens (tertiary/aromatic N) is 1. The Hall–Kier alpha value is -3.55. The van der Waals surface area contributed by atoms with Crippen LogP contribution in [0, 0.1) is 0 Å². The average Bonchev–Trinajstić information content (AvgIpc) is 3.09. The number of hydrogen-bond acceptors (Lipinski definition) is 6. The molecule has 0 aromatic heterocycles. The summed E-state index contributed by atoms with van der Waals surface area (Å²) in [6.07, 6.45) is 1.63. The summed E-state index contributed by atoms with van der Waals surface area (Å²) in [5.41, 5.74) is 1.15. The number of ether oxygens (including phenoxy) is 2. The molecule has 0 N–H and O–H groups in total. The molecule has 1 aliphatic rings. The van der Waals surface area contributed by atoms with Gasteiger partial charge in [-0.25, -0.2) is 4.79 Å². The van der Waals surface area contributed by atoms with Crippen molar-refractivity contribution in [2.45, 2.75) is 0 Å². The molecule has 1 heterocycles. The summed E-state index contributed by atoms with van der Waals surface area (Å²) >= 11 is 6.92. The lowest BCUT2D eigenvalue weighted by Crippen LogP contribution is -2.32. The molecule has 3 aromatic carbocycles. The van der Waals surface area contributed by atoms with E-state index in [-0.39, 0.29) is 24.3 Å². The molecule has 6 nitrogen and oxygen atoms in total. The Bertz CT molecular complexity index is 1210. The lowest BCUT2D eigenvalue weighted by Gasteiger charge is -2.13. The normalized spacial score (nSPS) is 14.6. The molecule has 3 aromatic rings. The molecule has 0 aliphatic carbocycles. The zero-order valence-corrected chi connectivity index (χ0v) is 18.8. The highest BCUT2D eigenvalue weighted by Gasteiger charge is 2.34. The second-order valence-corrected chi connectivity index (χ2v) is 8.34. The Balaban J connectivity index is 1.35. The molecular weight excluding hydrogens is 462 g/mol. The fraction of sp³-hybridized carbons (Fsp3) is 0.0800. The van der Waals surface area contributed by atoms with Crippen molar-refractivity contribution >= 4 is 46.6 Å². The maximum absolute atomic E-state index is 12.7. The molecule has 0 unspecified atom stereocenters.